The number of aryl methyl sites for hydroxylation is 1. The first-order valence-corrected chi connectivity index (χ1v) is 3.28. The molecule has 1 heterocycles. The van der Waals surface area contributed by atoms with E-state index in [2.05, 4.69) is 0 Å². The summed E-state index contributed by atoms with van der Waals surface area (Å²) in [5.74, 6) is -0.630. The number of aliphatic hydroxyl groups excluding tert-OH is 1. The van der Waals surface area contributed by atoms with Crippen molar-refractivity contribution in [3.05, 3.63) is 28.2 Å². The topological polar surface area (TPSA) is 82.7 Å². The molecule has 0 amide bonds. The lowest BCUT2D eigenvalue weighted by Crippen LogP contribution is -2.13. The van der Waals surface area contributed by atoms with Crippen LogP contribution in [0.4, 0.5) is 0 Å². The molecule has 3 N–H and O–H groups in total. The van der Waals surface area contributed by atoms with E-state index in [4.69, 9.17) is 15.3 Å². The summed E-state index contributed by atoms with van der Waals surface area (Å²) >= 11 is 0. The molecule has 0 saturated heterocycles. The van der Waals surface area contributed by atoms with Gasteiger partial charge in [0.25, 0.3) is 0 Å². The highest BCUT2D eigenvalue weighted by molar-refractivity contribution is 5.27. The zero-order valence-corrected chi connectivity index (χ0v) is 6.43. The summed E-state index contributed by atoms with van der Waals surface area (Å²) < 4.78 is 1.27. The summed E-state index contributed by atoms with van der Waals surface area (Å²) in [5.41, 5.74) is -0.835. The summed E-state index contributed by atoms with van der Waals surface area (Å²) in [6, 6.07) is 1.14. The zero-order chi connectivity index (χ0) is 9.30. The van der Waals surface area contributed by atoms with Gasteiger partial charge in [-0.3, -0.25) is 4.79 Å². The first-order valence-electron chi connectivity index (χ1n) is 3.28. The molecule has 0 spiro atoms. The SMILES string of the molecule is Cn1ccc(=O)c(O)c1C(O)O. The van der Waals surface area contributed by atoms with E-state index >= 15 is 0 Å². The normalized spacial score (nSPS) is 10.7. The molecule has 0 aromatic carbocycles. The van der Waals surface area contributed by atoms with Gasteiger partial charge in [-0.1, -0.05) is 0 Å². The summed E-state index contributed by atoms with van der Waals surface area (Å²) in [6.07, 6.45) is -0.500. The molecule has 1 rings (SSSR count). The van der Waals surface area contributed by atoms with E-state index < -0.39 is 17.5 Å². The highest BCUT2D eigenvalue weighted by atomic mass is 16.5. The molecular formula is C7H9NO4. The van der Waals surface area contributed by atoms with Crippen LogP contribution in [0.3, 0.4) is 0 Å². The van der Waals surface area contributed by atoms with Crippen LogP contribution in [-0.4, -0.2) is 19.9 Å². The summed E-state index contributed by atoms with van der Waals surface area (Å²) in [6.45, 7) is 0. The molecular weight excluding hydrogens is 162 g/mol. The average Bonchev–Trinajstić information content (AvgIpc) is 1.97. The fourth-order valence-electron chi connectivity index (χ4n) is 0.936. The van der Waals surface area contributed by atoms with Gasteiger partial charge < -0.3 is 19.9 Å². The number of aromatic hydroxyl groups is 1. The van der Waals surface area contributed by atoms with E-state index in [1.54, 1.807) is 0 Å². The maximum absolute atomic E-state index is 10.8. The van der Waals surface area contributed by atoms with Gasteiger partial charge in [0.1, 0.15) is 5.69 Å². The second kappa shape index (κ2) is 2.96. The number of hydrogen-bond acceptors (Lipinski definition) is 4. The average molecular weight is 171 g/mol. The predicted octanol–water partition coefficient (Wildman–Crippen LogP) is -0.926. The minimum absolute atomic E-state index is 0.206. The number of nitrogens with zero attached hydrogens (tertiary/aromatic N) is 1. The molecule has 5 nitrogen and oxygen atoms in total. The van der Waals surface area contributed by atoms with E-state index in [0.717, 1.165) is 6.07 Å². The number of rotatable bonds is 1. The molecule has 0 aliphatic rings. The fraction of sp³-hybridized carbons (Fsp3) is 0.286. The lowest BCUT2D eigenvalue weighted by Gasteiger charge is -2.10. The van der Waals surface area contributed by atoms with Crippen LogP contribution in [0, 0.1) is 0 Å². The van der Waals surface area contributed by atoms with Crippen molar-refractivity contribution >= 4 is 0 Å². The van der Waals surface area contributed by atoms with Gasteiger partial charge in [-0.25, -0.2) is 0 Å². The lowest BCUT2D eigenvalue weighted by atomic mass is 10.3. The summed E-state index contributed by atoms with van der Waals surface area (Å²) in [4.78, 5) is 10.8. The molecule has 0 saturated carbocycles. The van der Waals surface area contributed by atoms with E-state index in [-0.39, 0.29) is 5.69 Å². The smallest absolute Gasteiger partial charge is 0.223 e. The van der Waals surface area contributed by atoms with Crippen LogP contribution in [0.5, 0.6) is 5.75 Å². The predicted molar refractivity (Wildman–Crippen MR) is 40.5 cm³/mol. The maximum Gasteiger partial charge on any atom is 0.223 e. The van der Waals surface area contributed by atoms with Gasteiger partial charge in [0.2, 0.25) is 5.43 Å². The Morgan fingerprint density at radius 1 is 1.50 bits per heavy atom. The highest BCUT2D eigenvalue weighted by Gasteiger charge is 2.13. The first-order chi connectivity index (χ1) is 5.54. The molecule has 1 aromatic rings. The van der Waals surface area contributed by atoms with E-state index in [9.17, 15) is 4.79 Å². The fourth-order valence-corrected chi connectivity index (χ4v) is 0.936. The Morgan fingerprint density at radius 3 is 2.50 bits per heavy atom. The van der Waals surface area contributed by atoms with Crippen molar-refractivity contribution < 1.29 is 15.3 Å². The van der Waals surface area contributed by atoms with Crippen LogP contribution in [0.2, 0.25) is 0 Å². The van der Waals surface area contributed by atoms with Crippen molar-refractivity contribution in [1.82, 2.24) is 4.57 Å². The first kappa shape index (κ1) is 8.76. The largest absolute Gasteiger partial charge is 0.503 e. The lowest BCUT2D eigenvalue weighted by molar-refractivity contribution is -0.0499. The quantitative estimate of drug-likeness (QED) is 0.477. The van der Waals surface area contributed by atoms with Crippen molar-refractivity contribution in [2.75, 3.05) is 0 Å². The molecule has 0 aliphatic heterocycles. The molecule has 0 aliphatic carbocycles. The maximum atomic E-state index is 10.8. The molecule has 1 aromatic heterocycles. The van der Waals surface area contributed by atoms with Crippen molar-refractivity contribution in [2.24, 2.45) is 7.05 Å². The van der Waals surface area contributed by atoms with Crippen molar-refractivity contribution in [3.63, 3.8) is 0 Å². The Hall–Kier alpha value is -1.33. The molecule has 66 valence electrons. The molecule has 5 heteroatoms. The Balaban J connectivity index is 3.43. The van der Waals surface area contributed by atoms with Crippen LogP contribution in [0.15, 0.2) is 17.1 Å². The molecule has 12 heavy (non-hydrogen) atoms. The van der Waals surface area contributed by atoms with Gasteiger partial charge in [-0.05, 0) is 0 Å². The third kappa shape index (κ3) is 1.32. The molecule has 0 radical (unpaired) electrons. The molecule has 0 atom stereocenters. The third-order valence-corrected chi connectivity index (χ3v) is 1.55. The van der Waals surface area contributed by atoms with Gasteiger partial charge in [0.05, 0.1) is 0 Å². The van der Waals surface area contributed by atoms with Crippen LogP contribution in [0.25, 0.3) is 0 Å². The number of aliphatic hydroxyl groups is 2. The van der Waals surface area contributed by atoms with Crippen LogP contribution in [0.1, 0.15) is 12.0 Å². The van der Waals surface area contributed by atoms with Crippen molar-refractivity contribution in [1.29, 1.82) is 0 Å². The van der Waals surface area contributed by atoms with E-state index in [1.807, 2.05) is 0 Å². The minimum atomic E-state index is -1.84. The van der Waals surface area contributed by atoms with E-state index in [1.165, 1.54) is 17.8 Å². The zero-order valence-electron chi connectivity index (χ0n) is 6.43. The standard InChI is InChI=1S/C7H9NO4/c1-8-3-2-4(9)6(10)5(8)7(11)12/h2-3,7,10-12H,1H3. The third-order valence-electron chi connectivity index (χ3n) is 1.55. The number of hydrogen-bond donors (Lipinski definition) is 3. The Bertz CT molecular complexity index is 342. The number of pyridine rings is 1. The van der Waals surface area contributed by atoms with Gasteiger partial charge in [-0.2, -0.15) is 0 Å². The second-order valence-electron chi connectivity index (χ2n) is 2.40. The second-order valence-corrected chi connectivity index (χ2v) is 2.40. The van der Waals surface area contributed by atoms with Gasteiger partial charge in [0, 0.05) is 19.3 Å². The van der Waals surface area contributed by atoms with Gasteiger partial charge in [-0.15, -0.1) is 0 Å². The number of aromatic nitrogens is 1. The monoisotopic (exact) mass is 171 g/mol. The summed E-state index contributed by atoms with van der Waals surface area (Å²) in [7, 11) is 1.49. The van der Waals surface area contributed by atoms with Crippen LogP contribution < -0.4 is 5.43 Å². The highest BCUT2D eigenvalue weighted by Crippen LogP contribution is 2.16. The van der Waals surface area contributed by atoms with Gasteiger partial charge >= 0.3 is 0 Å². The Kier molecular flexibility index (Phi) is 2.16. The van der Waals surface area contributed by atoms with Crippen LogP contribution in [-0.2, 0) is 7.05 Å². The molecule has 0 fully saturated rings. The Morgan fingerprint density at radius 2 is 2.08 bits per heavy atom. The van der Waals surface area contributed by atoms with E-state index in [0.29, 0.717) is 0 Å². The van der Waals surface area contributed by atoms with Crippen molar-refractivity contribution in [3.8, 4) is 5.75 Å². The van der Waals surface area contributed by atoms with Crippen molar-refractivity contribution in [2.45, 2.75) is 6.29 Å². The van der Waals surface area contributed by atoms with Gasteiger partial charge in [0.15, 0.2) is 12.0 Å². The minimum Gasteiger partial charge on any atom is -0.503 e. The summed E-state index contributed by atoms with van der Waals surface area (Å²) in [5, 5.41) is 26.6. The molecule has 0 bridgehead atoms. The van der Waals surface area contributed by atoms with Crippen LogP contribution >= 0.6 is 0 Å². The Labute approximate surface area is 68.1 Å². The molecule has 0 unspecified atom stereocenters.